The molecule has 2 aromatic rings. The molecule has 2 rings (SSSR count). The molecule has 0 spiro atoms. The number of halogens is 3. The molecule has 0 aliphatic rings. The molecular weight excluding hydrogens is 333 g/mol. The highest BCUT2D eigenvalue weighted by atomic mass is 79.9. The Morgan fingerprint density at radius 3 is 2.74 bits per heavy atom. The summed E-state index contributed by atoms with van der Waals surface area (Å²) in [4.78, 5) is 12.0. The summed E-state index contributed by atoms with van der Waals surface area (Å²) in [6.07, 6.45) is 0. The van der Waals surface area contributed by atoms with Crippen LogP contribution in [0.15, 0.2) is 40.9 Å². The predicted octanol–water partition coefficient (Wildman–Crippen LogP) is 4.80. The zero-order valence-corrected chi connectivity index (χ0v) is 12.3. The first-order valence-corrected chi connectivity index (χ1v) is 6.67. The van der Waals surface area contributed by atoms with Crippen molar-refractivity contribution in [3.63, 3.8) is 0 Å². The summed E-state index contributed by atoms with van der Waals surface area (Å²) in [5, 5.41) is 2.56. The minimum atomic E-state index is -0.718. The van der Waals surface area contributed by atoms with Crippen LogP contribution in [-0.4, -0.2) is 5.91 Å². The number of carbonyl (C=O) groups is 1. The molecule has 0 aromatic heterocycles. The van der Waals surface area contributed by atoms with Gasteiger partial charge in [-0.15, -0.1) is 0 Å². The maximum atomic E-state index is 13.7. The van der Waals surface area contributed by atoms with E-state index in [1.165, 1.54) is 18.2 Å². The van der Waals surface area contributed by atoms with Crippen molar-refractivity contribution in [1.82, 2.24) is 0 Å². The van der Waals surface area contributed by atoms with Crippen molar-refractivity contribution >= 4 is 39.1 Å². The Labute approximate surface area is 123 Å². The Morgan fingerprint density at radius 2 is 2.05 bits per heavy atom. The second-order valence-corrected chi connectivity index (χ2v) is 5.30. The number of anilines is 1. The molecule has 98 valence electrons. The average molecular weight is 343 g/mol. The van der Waals surface area contributed by atoms with E-state index in [-0.39, 0.29) is 10.6 Å². The molecule has 2 aromatic carbocycles. The van der Waals surface area contributed by atoms with Crippen LogP contribution in [0.4, 0.5) is 10.1 Å². The average Bonchev–Trinajstić information content (AvgIpc) is 2.36. The molecule has 0 bridgehead atoms. The zero-order chi connectivity index (χ0) is 14.0. The van der Waals surface area contributed by atoms with Crippen LogP contribution in [0.1, 0.15) is 15.9 Å². The van der Waals surface area contributed by atoms with Crippen LogP contribution in [0.25, 0.3) is 0 Å². The molecule has 0 fully saturated rings. The van der Waals surface area contributed by atoms with Crippen molar-refractivity contribution in [2.75, 3.05) is 5.32 Å². The lowest BCUT2D eigenvalue weighted by atomic mass is 10.2. The number of nitrogens with one attached hydrogen (secondary N) is 1. The van der Waals surface area contributed by atoms with Gasteiger partial charge in [0.15, 0.2) is 5.82 Å². The SMILES string of the molecule is Cc1ccc(NC(=O)c2cccc(Cl)c2F)c(Br)c1. The quantitative estimate of drug-likeness (QED) is 0.834. The first-order valence-electron chi connectivity index (χ1n) is 5.50. The first-order chi connectivity index (χ1) is 8.99. The summed E-state index contributed by atoms with van der Waals surface area (Å²) in [7, 11) is 0. The maximum absolute atomic E-state index is 13.7. The molecule has 0 heterocycles. The summed E-state index contributed by atoms with van der Waals surface area (Å²) in [6, 6.07) is 9.79. The second-order valence-electron chi connectivity index (χ2n) is 4.04. The molecular formula is C14H10BrClFNO. The van der Waals surface area contributed by atoms with Gasteiger partial charge >= 0.3 is 0 Å². The Morgan fingerprint density at radius 1 is 1.32 bits per heavy atom. The molecule has 0 saturated carbocycles. The molecule has 2 nitrogen and oxygen atoms in total. The second kappa shape index (κ2) is 5.72. The molecule has 0 unspecified atom stereocenters. The predicted molar refractivity (Wildman–Crippen MR) is 78.2 cm³/mol. The van der Waals surface area contributed by atoms with Gasteiger partial charge in [0.25, 0.3) is 5.91 Å². The van der Waals surface area contributed by atoms with Gasteiger partial charge in [-0.2, -0.15) is 0 Å². The van der Waals surface area contributed by atoms with Gasteiger partial charge in [-0.05, 0) is 52.7 Å². The molecule has 0 saturated heterocycles. The fraction of sp³-hybridized carbons (Fsp3) is 0.0714. The summed E-state index contributed by atoms with van der Waals surface area (Å²) >= 11 is 9.00. The number of amides is 1. The van der Waals surface area contributed by atoms with Crippen molar-refractivity contribution in [2.24, 2.45) is 0 Å². The van der Waals surface area contributed by atoms with E-state index in [1.54, 1.807) is 6.07 Å². The van der Waals surface area contributed by atoms with Crippen LogP contribution in [-0.2, 0) is 0 Å². The van der Waals surface area contributed by atoms with Gasteiger partial charge in [0, 0.05) is 4.47 Å². The Bertz CT molecular complexity index is 645. The van der Waals surface area contributed by atoms with E-state index >= 15 is 0 Å². The molecule has 0 atom stereocenters. The lowest BCUT2D eigenvalue weighted by Gasteiger charge is -2.09. The van der Waals surface area contributed by atoms with Gasteiger partial charge < -0.3 is 5.32 Å². The van der Waals surface area contributed by atoms with Crippen molar-refractivity contribution in [3.8, 4) is 0 Å². The van der Waals surface area contributed by atoms with Gasteiger partial charge in [0.2, 0.25) is 0 Å². The minimum Gasteiger partial charge on any atom is -0.321 e. The molecule has 1 amide bonds. The number of carbonyl (C=O) groups excluding carboxylic acids is 1. The number of hydrogen-bond acceptors (Lipinski definition) is 1. The smallest absolute Gasteiger partial charge is 0.258 e. The van der Waals surface area contributed by atoms with E-state index in [9.17, 15) is 9.18 Å². The fourth-order valence-corrected chi connectivity index (χ4v) is 2.36. The largest absolute Gasteiger partial charge is 0.321 e. The van der Waals surface area contributed by atoms with E-state index in [0.717, 1.165) is 10.0 Å². The normalized spacial score (nSPS) is 10.3. The number of rotatable bonds is 2. The van der Waals surface area contributed by atoms with Crippen LogP contribution < -0.4 is 5.32 Å². The highest BCUT2D eigenvalue weighted by molar-refractivity contribution is 9.10. The molecule has 19 heavy (non-hydrogen) atoms. The van der Waals surface area contributed by atoms with Crippen molar-refractivity contribution in [1.29, 1.82) is 0 Å². The van der Waals surface area contributed by atoms with Crippen molar-refractivity contribution in [3.05, 3.63) is 62.8 Å². The highest BCUT2D eigenvalue weighted by Gasteiger charge is 2.15. The maximum Gasteiger partial charge on any atom is 0.258 e. The van der Waals surface area contributed by atoms with E-state index in [0.29, 0.717) is 5.69 Å². The minimum absolute atomic E-state index is 0.0735. The van der Waals surface area contributed by atoms with Crippen LogP contribution in [0.3, 0.4) is 0 Å². The number of benzene rings is 2. The van der Waals surface area contributed by atoms with Gasteiger partial charge in [0.1, 0.15) is 0 Å². The standard InChI is InChI=1S/C14H10BrClFNO/c1-8-5-6-12(10(15)7-8)18-14(19)9-3-2-4-11(16)13(9)17/h2-7H,1H3,(H,18,19). The lowest BCUT2D eigenvalue weighted by Crippen LogP contribution is -2.14. The Balaban J connectivity index is 2.28. The molecule has 0 aliphatic heterocycles. The molecule has 0 radical (unpaired) electrons. The topological polar surface area (TPSA) is 29.1 Å². The molecule has 1 N–H and O–H groups in total. The lowest BCUT2D eigenvalue weighted by molar-refractivity contribution is 0.102. The summed E-state index contributed by atoms with van der Waals surface area (Å²) < 4.78 is 14.5. The summed E-state index contributed by atoms with van der Waals surface area (Å²) in [5.74, 6) is -1.26. The fourth-order valence-electron chi connectivity index (χ4n) is 1.59. The van der Waals surface area contributed by atoms with E-state index in [4.69, 9.17) is 11.6 Å². The summed E-state index contributed by atoms with van der Waals surface area (Å²) in [6.45, 7) is 1.94. The van der Waals surface area contributed by atoms with Crippen LogP contribution >= 0.6 is 27.5 Å². The van der Waals surface area contributed by atoms with Gasteiger partial charge in [0.05, 0.1) is 16.3 Å². The van der Waals surface area contributed by atoms with Crippen LogP contribution in [0.5, 0.6) is 0 Å². The summed E-state index contributed by atoms with van der Waals surface area (Å²) in [5.41, 5.74) is 1.55. The van der Waals surface area contributed by atoms with Crippen LogP contribution in [0.2, 0.25) is 5.02 Å². The zero-order valence-electron chi connectivity index (χ0n) is 10.0. The third-order valence-electron chi connectivity index (χ3n) is 2.57. The van der Waals surface area contributed by atoms with E-state index in [2.05, 4.69) is 21.2 Å². The van der Waals surface area contributed by atoms with E-state index < -0.39 is 11.7 Å². The van der Waals surface area contributed by atoms with E-state index in [1.807, 2.05) is 19.1 Å². The highest BCUT2D eigenvalue weighted by Crippen LogP contribution is 2.25. The third-order valence-corrected chi connectivity index (χ3v) is 3.52. The van der Waals surface area contributed by atoms with Crippen molar-refractivity contribution in [2.45, 2.75) is 6.92 Å². The van der Waals surface area contributed by atoms with Crippen LogP contribution in [0, 0.1) is 12.7 Å². The van der Waals surface area contributed by atoms with Gasteiger partial charge in [-0.1, -0.05) is 23.7 Å². The third kappa shape index (κ3) is 3.14. The Hall–Kier alpha value is -1.39. The molecule has 5 heteroatoms. The monoisotopic (exact) mass is 341 g/mol. The first kappa shape index (κ1) is 14.0. The van der Waals surface area contributed by atoms with Gasteiger partial charge in [-0.25, -0.2) is 4.39 Å². The Kier molecular flexibility index (Phi) is 4.22. The molecule has 0 aliphatic carbocycles. The van der Waals surface area contributed by atoms with Gasteiger partial charge in [-0.3, -0.25) is 4.79 Å². The number of hydrogen-bond donors (Lipinski definition) is 1. The van der Waals surface area contributed by atoms with Crippen molar-refractivity contribution < 1.29 is 9.18 Å². The number of aryl methyl sites for hydroxylation is 1.